The van der Waals surface area contributed by atoms with Crippen LogP contribution in [0.1, 0.15) is 162 Å². The van der Waals surface area contributed by atoms with E-state index in [-0.39, 0.29) is 12.8 Å². The number of hydrogen-bond donors (Lipinski definition) is 4. The summed E-state index contributed by atoms with van der Waals surface area (Å²) in [6.07, 6.45) is 46.4. The van der Waals surface area contributed by atoms with E-state index in [1.54, 1.807) is 0 Å². The number of carbonyl (C=O) groups excluding carboxylic acids is 2. The number of carboxylic acids is 1. The summed E-state index contributed by atoms with van der Waals surface area (Å²) in [4.78, 5) is 45.9. The van der Waals surface area contributed by atoms with Crippen LogP contribution in [0.4, 0.5) is 0 Å². The van der Waals surface area contributed by atoms with E-state index in [1.165, 1.54) is 32.1 Å². The Hall–Kier alpha value is -3.08. The maximum atomic E-state index is 12.3. The molecule has 3 atom stereocenters. The standard InChI is InChI=1S/C45H76NO10P/c1-3-5-7-9-11-13-15-17-19-20-21-22-23-24-26-28-30-32-34-36-43(48)46-42(45(50)51)40-56-57(52,53)55-39-41(47)38-54-44(49)37-35-33-31-29-27-25-18-16-14-12-10-8-6-4-2/h5,7,11,13,16-19,21-22,24,26,41-42,47H,3-4,6,8-10,12,14-15,20,23,25,27-40H2,1-2H3,(H,46,48)(H,50,51)(H,52,53)/b7-5-,13-11-,18-16-,19-17-,22-21-,26-24-. The molecule has 0 aromatic heterocycles. The molecule has 0 aliphatic rings. The Kier molecular flexibility index (Phi) is 37.6. The van der Waals surface area contributed by atoms with Gasteiger partial charge in [0.1, 0.15) is 12.7 Å². The zero-order chi connectivity index (χ0) is 42.1. The van der Waals surface area contributed by atoms with Gasteiger partial charge in [0.2, 0.25) is 5.91 Å². The predicted octanol–water partition coefficient (Wildman–Crippen LogP) is 10.9. The molecule has 0 radical (unpaired) electrons. The molecular formula is C45H76NO10P. The molecule has 3 unspecified atom stereocenters. The van der Waals surface area contributed by atoms with E-state index in [2.05, 4.69) is 92.1 Å². The van der Waals surface area contributed by atoms with Gasteiger partial charge in [-0.2, -0.15) is 0 Å². The average Bonchev–Trinajstić information content (AvgIpc) is 3.18. The number of nitrogens with one attached hydrogen (secondary N) is 1. The van der Waals surface area contributed by atoms with Crippen molar-refractivity contribution in [2.45, 2.75) is 174 Å². The summed E-state index contributed by atoms with van der Waals surface area (Å²) in [6.45, 7) is 2.42. The van der Waals surface area contributed by atoms with Gasteiger partial charge in [-0.25, -0.2) is 9.36 Å². The SMILES string of the molecule is CC/C=C\C/C=C\C/C=C\C/C=C\C/C=C\CCCCCC(=O)NC(COP(=O)(O)OCC(O)COC(=O)CCCCCCC/C=C\CCCCCCC)C(=O)O. The summed E-state index contributed by atoms with van der Waals surface area (Å²) in [5.74, 6) is -2.44. The Morgan fingerprint density at radius 3 is 1.56 bits per heavy atom. The molecular weight excluding hydrogens is 745 g/mol. The van der Waals surface area contributed by atoms with Crippen molar-refractivity contribution in [3.8, 4) is 0 Å². The third kappa shape index (κ3) is 39.5. The second-order valence-corrected chi connectivity index (χ2v) is 15.6. The van der Waals surface area contributed by atoms with Crippen LogP contribution in [0.25, 0.3) is 0 Å². The van der Waals surface area contributed by atoms with Crippen molar-refractivity contribution < 1.29 is 47.8 Å². The third-order valence-corrected chi connectivity index (χ3v) is 9.68. The van der Waals surface area contributed by atoms with E-state index in [1.807, 2.05) is 0 Å². The molecule has 326 valence electrons. The highest BCUT2D eigenvalue weighted by Crippen LogP contribution is 2.43. The second-order valence-electron chi connectivity index (χ2n) is 14.1. The molecule has 0 aromatic rings. The Bertz CT molecular complexity index is 1240. The van der Waals surface area contributed by atoms with Gasteiger partial charge in [0.15, 0.2) is 6.04 Å². The van der Waals surface area contributed by atoms with Gasteiger partial charge in [-0.05, 0) is 83.5 Å². The minimum absolute atomic E-state index is 0.102. The van der Waals surface area contributed by atoms with Gasteiger partial charge >= 0.3 is 19.8 Å². The van der Waals surface area contributed by atoms with E-state index in [0.717, 1.165) is 89.9 Å². The molecule has 0 aliphatic heterocycles. The topological polar surface area (TPSA) is 169 Å². The van der Waals surface area contributed by atoms with Crippen LogP contribution in [0.15, 0.2) is 72.9 Å². The van der Waals surface area contributed by atoms with Crippen LogP contribution in [0, 0.1) is 0 Å². The lowest BCUT2D eigenvalue weighted by atomic mass is 10.1. The molecule has 0 spiro atoms. The van der Waals surface area contributed by atoms with Crippen LogP contribution >= 0.6 is 7.82 Å². The first-order chi connectivity index (χ1) is 27.6. The number of aliphatic carboxylic acids is 1. The summed E-state index contributed by atoms with van der Waals surface area (Å²) < 4.78 is 26.8. The molecule has 57 heavy (non-hydrogen) atoms. The molecule has 4 N–H and O–H groups in total. The van der Waals surface area contributed by atoms with Crippen LogP contribution < -0.4 is 5.32 Å². The van der Waals surface area contributed by atoms with Gasteiger partial charge in [-0.1, -0.05) is 138 Å². The zero-order valence-electron chi connectivity index (χ0n) is 35.1. The van der Waals surface area contributed by atoms with Crippen LogP contribution in [-0.2, 0) is 32.7 Å². The molecule has 0 heterocycles. The van der Waals surface area contributed by atoms with Crippen molar-refractivity contribution in [3.05, 3.63) is 72.9 Å². The number of amides is 1. The van der Waals surface area contributed by atoms with Crippen LogP contribution in [0.2, 0.25) is 0 Å². The lowest BCUT2D eigenvalue weighted by Gasteiger charge is -2.18. The quantitative estimate of drug-likeness (QED) is 0.0203. The van der Waals surface area contributed by atoms with Crippen molar-refractivity contribution in [1.82, 2.24) is 5.32 Å². The van der Waals surface area contributed by atoms with E-state index in [9.17, 15) is 34.1 Å². The van der Waals surface area contributed by atoms with Crippen molar-refractivity contribution in [1.29, 1.82) is 0 Å². The number of esters is 1. The lowest BCUT2D eigenvalue weighted by molar-refractivity contribution is -0.147. The number of carboxylic acid groups (broad SMARTS) is 1. The molecule has 11 nitrogen and oxygen atoms in total. The van der Waals surface area contributed by atoms with E-state index < -0.39 is 57.6 Å². The third-order valence-electron chi connectivity index (χ3n) is 8.73. The molecule has 0 saturated heterocycles. The first kappa shape index (κ1) is 53.9. The Morgan fingerprint density at radius 2 is 1.02 bits per heavy atom. The first-order valence-corrected chi connectivity index (χ1v) is 23.0. The first-order valence-electron chi connectivity index (χ1n) is 21.5. The number of unbranched alkanes of at least 4 members (excludes halogenated alkanes) is 13. The van der Waals surface area contributed by atoms with Crippen molar-refractivity contribution in [3.63, 3.8) is 0 Å². The van der Waals surface area contributed by atoms with Crippen molar-refractivity contribution in [2.24, 2.45) is 0 Å². The van der Waals surface area contributed by atoms with Gasteiger partial charge in [0.05, 0.1) is 13.2 Å². The van der Waals surface area contributed by atoms with Crippen LogP contribution in [0.5, 0.6) is 0 Å². The lowest BCUT2D eigenvalue weighted by Crippen LogP contribution is -2.43. The van der Waals surface area contributed by atoms with Crippen molar-refractivity contribution in [2.75, 3.05) is 19.8 Å². The normalized spacial score (nSPS) is 14.5. The van der Waals surface area contributed by atoms with E-state index in [4.69, 9.17) is 13.8 Å². The largest absolute Gasteiger partial charge is 0.480 e. The van der Waals surface area contributed by atoms with E-state index in [0.29, 0.717) is 12.8 Å². The number of aliphatic hydroxyl groups excluding tert-OH is 1. The van der Waals surface area contributed by atoms with Gasteiger partial charge in [0, 0.05) is 12.8 Å². The summed E-state index contributed by atoms with van der Waals surface area (Å²) in [7, 11) is -4.77. The number of phosphoric ester groups is 1. The fraction of sp³-hybridized carbons (Fsp3) is 0.667. The molecule has 0 aromatic carbocycles. The fourth-order valence-electron chi connectivity index (χ4n) is 5.39. The highest BCUT2D eigenvalue weighted by atomic mass is 31.2. The Morgan fingerprint density at radius 1 is 0.579 bits per heavy atom. The smallest absolute Gasteiger partial charge is 0.472 e. The van der Waals surface area contributed by atoms with Gasteiger partial charge in [-0.3, -0.25) is 18.6 Å². The van der Waals surface area contributed by atoms with Gasteiger partial charge in [-0.15, -0.1) is 0 Å². The Labute approximate surface area is 344 Å². The number of rotatable bonds is 39. The molecule has 0 rings (SSSR count). The molecule has 1 amide bonds. The molecule has 0 aliphatic carbocycles. The van der Waals surface area contributed by atoms with E-state index >= 15 is 0 Å². The maximum absolute atomic E-state index is 12.3. The average molecular weight is 822 g/mol. The number of phosphoric acid groups is 1. The minimum atomic E-state index is -4.77. The maximum Gasteiger partial charge on any atom is 0.472 e. The van der Waals surface area contributed by atoms with Crippen molar-refractivity contribution >= 4 is 25.7 Å². The Balaban J connectivity index is 4.01. The van der Waals surface area contributed by atoms with Crippen LogP contribution in [0.3, 0.4) is 0 Å². The van der Waals surface area contributed by atoms with Gasteiger partial charge < -0.3 is 25.2 Å². The molecule has 0 saturated carbocycles. The molecule has 0 fully saturated rings. The highest BCUT2D eigenvalue weighted by Gasteiger charge is 2.28. The summed E-state index contributed by atoms with van der Waals surface area (Å²) >= 11 is 0. The fourth-order valence-corrected chi connectivity index (χ4v) is 6.17. The highest BCUT2D eigenvalue weighted by molar-refractivity contribution is 7.47. The number of allylic oxidation sites excluding steroid dienone is 12. The monoisotopic (exact) mass is 822 g/mol. The number of hydrogen-bond acceptors (Lipinski definition) is 8. The zero-order valence-corrected chi connectivity index (χ0v) is 36.0. The predicted molar refractivity (Wildman–Crippen MR) is 231 cm³/mol. The second kappa shape index (κ2) is 39.7. The molecule has 0 bridgehead atoms. The number of aliphatic hydroxyl groups is 1. The summed E-state index contributed by atoms with van der Waals surface area (Å²) in [6, 6.07) is -1.57. The summed E-state index contributed by atoms with van der Waals surface area (Å²) in [5.41, 5.74) is 0. The number of carbonyl (C=O) groups is 3. The number of ether oxygens (including phenoxy) is 1. The summed E-state index contributed by atoms with van der Waals surface area (Å²) in [5, 5.41) is 21.8. The van der Waals surface area contributed by atoms with Crippen LogP contribution in [-0.4, -0.2) is 64.9 Å². The molecule has 12 heteroatoms. The van der Waals surface area contributed by atoms with Gasteiger partial charge in [0.25, 0.3) is 0 Å². The minimum Gasteiger partial charge on any atom is -0.480 e.